The van der Waals surface area contributed by atoms with Gasteiger partial charge in [-0.2, -0.15) is 0 Å². The molecule has 1 amide bonds. The first-order valence-electron chi connectivity index (χ1n) is 4.84. The van der Waals surface area contributed by atoms with Crippen LogP contribution in [0.4, 0.5) is 14.5 Å². The van der Waals surface area contributed by atoms with Gasteiger partial charge in [0.2, 0.25) is 0 Å². The zero-order valence-corrected chi connectivity index (χ0v) is 8.92. The minimum absolute atomic E-state index is 0.0844. The van der Waals surface area contributed by atoms with E-state index in [1.807, 2.05) is 0 Å². The maximum absolute atomic E-state index is 13.3. The van der Waals surface area contributed by atoms with Crippen LogP contribution in [-0.2, 0) is 0 Å². The Bertz CT molecular complexity index is 566. The first kappa shape index (κ1) is 11.3. The summed E-state index contributed by atoms with van der Waals surface area (Å²) >= 11 is 0. The molecule has 0 spiro atoms. The molecule has 88 valence electrons. The number of carbonyl (C=O) groups excluding carboxylic acids is 1. The molecular weight excluding hydrogens is 228 g/mol. The third kappa shape index (κ3) is 2.30. The Hall–Kier alpha value is -2.24. The highest BCUT2D eigenvalue weighted by molar-refractivity contribution is 6.03. The number of imidazole rings is 1. The van der Waals surface area contributed by atoms with E-state index in [0.717, 1.165) is 12.1 Å². The van der Waals surface area contributed by atoms with Crippen LogP contribution in [0, 0.1) is 18.6 Å². The molecule has 0 aliphatic carbocycles. The Morgan fingerprint density at radius 3 is 2.76 bits per heavy atom. The standard InChI is InChI=1S/C11H9F2N3O/c1-6-10(15-5-14-6)11(17)16-9-3-2-7(12)4-8(9)13/h2-5H,1H3,(H,14,15)(H,16,17). The monoisotopic (exact) mass is 237 g/mol. The van der Waals surface area contributed by atoms with E-state index in [-0.39, 0.29) is 11.4 Å². The van der Waals surface area contributed by atoms with Gasteiger partial charge in [0.25, 0.3) is 5.91 Å². The van der Waals surface area contributed by atoms with Crippen LogP contribution in [0.3, 0.4) is 0 Å². The maximum atomic E-state index is 13.3. The predicted octanol–water partition coefficient (Wildman–Crippen LogP) is 2.25. The van der Waals surface area contributed by atoms with Crippen molar-refractivity contribution in [2.75, 3.05) is 5.32 Å². The van der Waals surface area contributed by atoms with Gasteiger partial charge in [-0.1, -0.05) is 0 Å². The summed E-state index contributed by atoms with van der Waals surface area (Å²) in [5.74, 6) is -2.07. The summed E-state index contributed by atoms with van der Waals surface area (Å²) < 4.78 is 25.9. The predicted molar refractivity (Wildman–Crippen MR) is 57.6 cm³/mol. The highest BCUT2D eigenvalue weighted by atomic mass is 19.1. The van der Waals surface area contributed by atoms with Gasteiger partial charge in [0.05, 0.1) is 12.0 Å². The second kappa shape index (κ2) is 4.32. The Balaban J connectivity index is 2.22. The molecule has 2 aromatic rings. The van der Waals surface area contributed by atoms with Crippen molar-refractivity contribution in [1.29, 1.82) is 0 Å². The summed E-state index contributed by atoms with van der Waals surface area (Å²) in [4.78, 5) is 18.2. The molecule has 0 saturated heterocycles. The number of anilines is 1. The molecule has 2 N–H and O–H groups in total. The molecule has 2 rings (SSSR count). The molecule has 1 aromatic heterocycles. The largest absolute Gasteiger partial charge is 0.348 e. The first-order valence-corrected chi connectivity index (χ1v) is 4.84. The van der Waals surface area contributed by atoms with E-state index in [4.69, 9.17) is 0 Å². The lowest BCUT2D eigenvalue weighted by molar-refractivity contribution is 0.102. The number of rotatable bonds is 2. The normalized spacial score (nSPS) is 10.3. The van der Waals surface area contributed by atoms with Gasteiger partial charge in [-0.05, 0) is 19.1 Å². The summed E-state index contributed by atoms with van der Waals surface area (Å²) in [6, 6.07) is 2.92. The summed E-state index contributed by atoms with van der Waals surface area (Å²) in [7, 11) is 0. The lowest BCUT2D eigenvalue weighted by Crippen LogP contribution is -2.14. The van der Waals surface area contributed by atoms with E-state index in [0.29, 0.717) is 11.8 Å². The van der Waals surface area contributed by atoms with Crippen LogP contribution < -0.4 is 5.32 Å². The molecule has 0 aliphatic rings. The summed E-state index contributed by atoms with van der Waals surface area (Å²) in [6.45, 7) is 1.67. The van der Waals surface area contributed by atoms with E-state index >= 15 is 0 Å². The fraction of sp³-hybridized carbons (Fsp3) is 0.0909. The number of carbonyl (C=O) groups is 1. The van der Waals surface area contributed by atoms with Crippen LogP contribution in [0.1, 0.15) is 16.2 Å². The van der Waals surface area contributed by atoms with Crippen LogP contribution in [0.25, 0.3) is 0 Å². The molecule has 0 fully saturated rings. The lowest BCUT2D eigenvalue weighted by Gasteiger charge is -2.05. The number of nitrogens with zero attached hydrogens (tertiary/aromatic N) is 1. The van der Waals surface area contributed by atoms with E-state index in [9.17, 15) is 13.6 Å². The topological polar surface area (TPSA) is 57.8 Å². The quantitative estimate of drug-likeness (QED) is 0.841. The molecule has 0 radical (unpaired) electrons. The van der Waals surface area contributed by atoms with E-state index in [2.05, 4.69) is 15.3 Å². The van der Waals surface area contributed by atoms with Gasteiger partial charge in [-0.25, -0.2) is 13.8 Å². The van der Waals surface area contributed by atoms with Crippen molar-refractivity contribution in [3.63, 3.8) is 0 Å². The number of hydrogen-bond donors (Lipinski definition) is 2. The molecule has 0 unspecified atom stereocenters. The Labute approximate surface area is 95.7 Å². The number of halogens is 2. The van der Waals surface area contributed by atoms with Crippen molar-refractivity contribution < 1.29 is 13.6 Å². The SMILES string of the molecule is Cc1[nH]cnc1C(=O)Nc1ccc(F)cc1F. The average Bonchev–Trinajstić information content (AvgIpc) is 2.68. The zero-order chi connectivity index (χ0) is 12.4. The third-order valence-corrected chi connectivity index (χ3v) is 2.22. The third-order valence-electron chi connectivity index (χ3n) is 2.22. The number of amides is 1. The summed E-state index contributed by atoms with van der Waals surface area (Å²) in [6.07, 6.45) is 1.37. The minimum Gasteiger partial charge on any atom is -0.348 e. The molecule has 6 heteroatoms. The molecule has 0 atom stereocenters. The molecule has 0 saturated carbocycles. The molecule has 1 aromatic carbocycles. The number of nitrogens with one attached hydrogen (secondary N) is 2. The fourth-order valence-corrected chi connectivity index (χ4v) is 1.36. The summed E-state index contributed by atoms with van der Waals surface area (Å²) in [5, 5.41) is 2.32. The molecule has 1 heterocycles. The Morgan fingerprint density at radius 1 is 1.41 bits per heavy atom. The van der Waals surface area contributed by atoms with Crippen molar-refractivity contribution in [2.45, 2.75) is 6.92 Å². The van der Waals surface area contributed by atoms with Crippen LogP contribution in [0.15, 0.2) is 24.5 Å². The number of aromatic nitrogens is 2. The van der Waals surface area contributed by atoms with Gasteiger partial charge < -0.3 is 10.3 Å². The minimum atomic E-state index is -0.827. The molecular formula is C11H9F2N3O. The maximum Gasteiger partial charge on any atom is 0.276 e. The van der Waals surface area contributed by atoms with Crippen LogP contribution in [-0.4, -0.2) is 15.9 Å². The number of aryl methyl sites for hydroxylation is 1. The van der Waals surface area contributed by atoms with Gasteiger partial charge in [0.1, 0.15) is 17.3 Å². The van der Waals surface area contributed by atoms with Crippen molar-refractivity contribution in [1.82, 2.24) is 9.97 Å². The smallest absolute Gasteiger partial charge is 0.276 e. The van der Waals surface area contributed by atoms with Gasteiger partial charge in [-0.15, -0.1) is 0 Å². The van der Waals surface area contributed by atoms with E-state index in [1.54, 1.807) is 6.92 Å². The number of hydrogen-bond acceptors (Lipinski definition) is 2. The highest BCUT2D eigenvalue weighted by Crippen LogP contribution is 2.16. The zero-order valence-electron chi connectivity index (χ0n) is 8.92. The van der Waals surface area contributed by atoms with Crippen molar-refractivity contribution in [3.05, 3.63) is 47.5 Å². The van der Waals surface area contributed by atoms with Crippen LogP contribution in [0.2, 0.25) is 0 Å². The second-order valence-electron chi connectivity index (χ2n) is 3.45. The first-order chi connectivity index (χ1) is 8.08. The van der Waals surface area contributed by atoms with E-state index in [1.165, 1.54) is 6.33 Å². The van der Waals surface area contributed by atoms with Gasteiger partial charge in [0, 0.05) is 11.8 Å². The van der Waals surface area contributed by atoms with Gasteiger partial charge in [-0.3, -0.25) is 4.79 Å². The van der Waals surface area contributed by atoms with Crippen LogP contribution in [0.5, 0.6) is 0 Å². The van der Waals surface area contributed by atoms with Crippen molar-refractivity contribution >= 4 is 11.6 Å². The highest BCUT2D eigenvalue weighted by Gasteiger charge is 2.13. The Kier molecular flexibility index (Phi) is 2.86. The molecule has 4 nitrogen and oxygen atoms in total. The van der Waals surface area contributed by atoms with Crippen LogP contribution >= 0.6 is 0 Å². The van der Waals surface area contributed by atoms with Crippen molar-refractivity contribution in [2.24, 2.45) is 0 Å². The number of benzene rings is 1. The number of H-pyrrole nitrogens is 1. The summed E-state index contributed by atoms with van der Waals surface area (Å²) in [5.41, 5.74) is 0.664. The fourth-order valence-electron chi connectivity index (χ4n) is 1.36. The Morgan fingerprint density at radius 2 is 2.18 bits per heavy atom. The van der Waals surface area contributed by atoms with Gasteiger partial charge >= 0.3 is 0 Å². The second-order valence-corrected chi connectivity index (χ2v) is 3.45. The number of aromatic amines is 1. The molecule has 0 aliphatic heterocycles. The lowest BCUT2D eigenvalue weighted by atomic mass is 10.2. The average molecular weight is 237 g/mol. The van der Waals surface area contributed by atoms with E-state index < -0.39 is 17.5 Å². The van der Waals surface area contributed by atoms with Crippen molar-refractivity contribution in [3.8, 4) is 0 Å². The molecule has 17 heavy (non-hydrogen) atoms. The molecule has 0 bridgehead atoms. The van der Waals surface area contributed by atoms with Gasteiger partial charge in [0.15, 0.2) is 0 Å².